The molecule has 0 spiro atoms. The number of aliphatic hydroxyl groups excluding tert-OH is 1. The quantitative estimate of drug-likeness (QED) is 0.401. The van der Waals surface area contributed by atoms with Crippen molar-refractivity contribution in [1.29, 1.82) is 0 Å². The number of aliphatic hydroxyl groups is 1. The summed E-state index contributed by atoms with van der Waals surface area (Å²) in [4.78, 5) is 0. The molecule has 11 unspecified atom stereocenters. The first-order valence-electron chi connectivity index (χ1n) is 14.7. The van der Waals surface area contributed by atoms with Crippen LogP contribution in [0.25, 0.3) is 0 Å². The molecule has 6 rings (SSSR count). The van der Waals surface area contributed by atoms with Crippen molar-refractivity contribution in [2.75, 3.05) is 39.6 Å². The van der Waals surface area contributed by atoms with Gasteiger partial charge in [-0.1, -0.05) is 13.8 Å². The van der Waals surface area contributed by atoms with E-state index in [2.05, 4.69) is 13.8 Å². The molecule has 1 N–H and O–H groups in total. The second-order valence-corrected chi connectivity index (χ2v) is 13.6. The lowest BCUT2D eigenvalue weighted by Gasteiger charge is -2.51. The fourth-order valence-corrected chi connectivity index (χ4v) is 8.18. The molecular formula is C29H48O7. The largest absolute Gasteiger partial charge is 0.388 e. The average molecular weight is 509 g/mol. The van der Waals surface area contributed by atoms with Crippen LogP contribution >= 0.6 is 0 Å². The molecule has 4 saturated carbocycles. The number of rotatable bonds is 12. The van der Waals surface area contributed by atoms with Crippen LogP contribution in [0.2, 0.25) is 0 Å². The normalized spacial score (nSPS) is 48.4. The SMILES string of the molecule is CC12CC(CCC1OCC(O)COC1CC3CCC(OCC4CO4)C(C)(C3)C1)CC(OCC1CO1)C2. The lowest BCUT2D eigenvalue weighted by Crippen LogP contribution is -2.49. The number of epoxide rings is 2. The predicted molar refractivity (Wildman–Crippen MR) is 134 cm³/mol. The van der Waals surface area contributed by atoms with Crippen LogP contribution in [-0.2, 0) is 28.4 Å². The summed E-state index contributed by atoms with van der Waals surface area (Å²) in [7, 11) is 0. The van der Waals surface area contributed by atoms with E-state index in [4.69, 9.17) is 28.4 Å². The van der Waals surface area contributed by atoms with Crippen molar-refractivity contribution in [2.45, 2.75) is 121 Å². The number of hydrogen-bond acceptors (Lipinski definition) is 7. The van der Waals surface area contributed by atoms with E-state index >= 15 is 0 Å². The Morgan fingerprint density at radius 2 is 1.19 bits per heavy atom. The van der Waals surface area contributed by atoms with Crippen molar-refractivity contribution in [1.82, 2.24) is 0 Å². The van der Waals surface area contributed by atoms with Crippen LogP contribution in [0, 0.1) is 22.7 Å². The Labute approximate surface area is 216 Å². The fraction of sp³-hybridized carbons (Fsp3) is 1.00. The smallest absolute Gasteiger partial charge is 0.104 e. The van der Waals surface area contributed by atoms with Gasteiger partial charge in [0, 0.05) is 0 Å². The summed E-state index contributed by atoms with van der Waals surface area (Å²) < 4.78 is 35.9. The van der Waals surface area contributed by atoms with Crippen LogP contribution in [0.5, 0.6) is 0 Å². The molecule has 206 valence electrons. The molecule has 4 bridgehead atoms. The van der Waals surface area contributed by atoms with Crippen LogP contribution < -0.4 is 0 Å². The zero-order chi connectivity index (χ0) is 24.8. The standard InChI is InChI=1S/C29H48O7/c1-28-9-20(8-23(12-28)32-15-24-16-33-24)3-5-26(28)35-14-21(30)13-31-22-7-19-4-6-27(29(2,10-19)11-22)36-18-25-17-34-25/h19-27,30H,3-18H2,1-2H3. The second kappa shape index (κ2) is 10.7. The summed E-state index contributed by atoms with van der Waals surface area (Å²) in [5.41, 5.74) is 0.299. The van der Waals surface area contributed by atoms with Crippen molar-refractivity contribution >= 4 is 0 Å². The first-order valence-corrected chi connectivity index (χ1v) is 14.7. The van der Waals surface area contributed by atoms with Crippen molar-refractivity contribution in [3.8, 4) is 0 Å². The number of hydrogen-bond donors (Lipinski definition) is 1. The summed E-state index contributed by atoms with van der Waals surface area (Å²) in [5.74, 6) is 1.45. The van der Waals surface area contributed by atoms with Crippen molar-refractivity contribution < 1.29 is 33.5 Å². The van der Waals surface area contributed by atoms with Gasteiger partial charge in [-0.15, -0.1) is 0 Å². The van der Waals surface area contributed by atoms with Gasteiger partial charge in [0.1, 0.15) is 18.3 Å². The maximum absolute atomic E-state index is 10.8. The molecule has 11 atom stereocenters. The molecule has 0 amide bonds. The molecule has 4 aliphatic carbocycles. The van der Waals surface area contributed by atoms with Crippen molar-refractivity contribution in [2.24, 2.45) is 22.7 Å². The highest BCUT2D eigenvalue weighted by Gasteiger charge is 2.49. The highest BCUT2D eigenvalue weighted by molar-refractivity contribution is 4.99. The molecule has 2 saturated heterocycles. The van der Waals surface area contributed by atoms with Gasteiger partial charge in [-0.2, -0.15) is 0 Å². The molecule has 36 heavy (non-hydrogen) atoms. The highest BCUT2D eigenvalue weighted by Crippen LogP contribution is 2.52. The topological polar surface area (TPSA) is 82.2 Å². The van der Waals surface area contributed by atoms with Crippen LogP contribution in [0.15, 0.2) is 0 Å². The Bertz CT molecular complexity index is 741. The predicted octanol–water partition coefficient (Wildman–Crippen LogP) is 3.89. The highest BCUT2D eigenvalue weighted by atomic mass is 16.6. The third-order valence-corrected chi connectivity index (χ3v) is 10.1. The van der Waals surface area contributed by atoms with Crippen LogP contribution in [0.3, 0.4) is 0 Å². The monoisotopic (exact) mass is 508 g/mol. The van der Waals surface area contributed by atoms with Gasteiger partial charge in [0.2, 0.25) is 0 Å². The summed E-state index contributed by atoms with van der Waals surface area (Å²) in [5, 5.41) is 10.8. The van der Waals surface area contributed by atoms with Gasteiger partial charge in [-0.05, 0) is 86.9 Å². The Morgan fingerprint density at radius 1 is 0.694 bits per heavy atom. The minimum Gasteiger partial charge on any atom is -0.388 e. The minimum absolute atomic E-state index is 0.132. The molecule has 0 radical (unpaired) electrons. The van der Waals surface area contributed by atoms with E-state index in [0.29, 0.717) is 43.5 Å². The Kier molecular flexibility index (Phi) is 7.72. The van der Waals surface area contributed by atoms with E-state index in [9.17, 15) is 5.11 Å². The lowest BCUT2D eigenvalue weighted by molar-refractivity contribution is -0.157. The first kappa shape index (κ1) is 26.0. The van der Waals surface area contributed by atoms with Crippen LogP contribution in [0.4, 0.5) is 0 Å². The summed E-state index contributed by atoms with van der Waals surface area (Å²) >= 11 is 0. The fourth-order valence-electron chi connectivity index (χ4n) is 8.18. The Hall–Kier alpha value is -0.280. The third kappa shape index (κ3) is 6.30. The zero-order valence-electron chi connectivity index (χ0n) is 22.4. The summed E-state index contributed by atoms with van der Waals surface area (Å²) in [6.45, 7) is 8.62. The van der Waals surface area contributed by atoms with E-state index < -0.39 is 6.10 Å². The zero-order valence-corrected chi connectivity index (χ0v) is 22.4. The minimum atomic E-state index is -0.581. The van der Waals surface area contributed by atoms with Crippen molar-refractivity contribution in [3.63, 3.8) is 0 Å². The molecule has 6 aliphatic rings. The van der Waals surface area contributed by atoms with Gasteiger partial charge in [-0.25, -0.2) is 0 Å². The number of ether oxygens (including phenoxy) is 6. The molecule has 6 fully saturated rings. The molecule has 2 heterocycles. The van der Waals surface area contributed by atoms with Gasteiger partial charge < -0.3 is 33.5 Å². The summed E-state index contributed by atoms with van der Waals surface area (Å²) in [6, 6.07) is 0. The molecule has 7 heteroatoms. The number of fused-ring (bicyclic) bond motifs is 4. The molecule has 0 aromatic heterocycles. The average Bonchev–Trinajstić information content (AvgIpc) is 3.75. The van der Waals surface area contributed by atoms with Gasteiger partial charge in [-0.3, -0.25) is 0 Å². The first-order chi connectivity index (χ1) is 17.4. The summed E-state index contributed by atoms with van der Waals surface area (Å²) in [6.07, 6.45) is 12.5. The maximum Gasteiger partial charge on any atom is 0.104 e. The lowest BCUT2D eigenvalue weighted by atomic mass is 9.60. The van der Waals surface area contributed by atoms with E-state index in [0.717, 1.165) is 64.4 Å². The van der Waals surface area contributed by atoms with Gasteiger partial charge >= 0.3 is 0 Å². The van der Waals surface area contributed by atoms with Gasteiger partial charge in [0.05, 0.1) is 64.1 Å². The Balaban J connectivity index is 0.945. The van der Waals surface area contributed by atoms with E-state index in [-0.39, 0.29) is 23.0 Å². The van der Waals surface area contributed by atoms with Crippen LogP contribution in [0.1, 0.15) is 78.1 Å². The molecule has 2 aliphatic heterocycles. The molecule has 0 aromatic rings. The Morgan fingerprint density at radius 3 is 1.78 bits per heavy atom. The van der Waals surface area contributed by atoms with E-state index in [1.54, 1.807) is 0 Å². The molecule has 7 nitrogen and oxygen atoms in total. The van der Waals surface area contributed by atoms with Gasteiger partial charge in [0.15, 0.2) is 0 Å². The molecular weight excluding hydrogens is 460 g/mol. The van der Waals surface area contributed by atoms with Gasteiger partial charge in [0.25, 0.3) is 0 Å². The second-order valence-electron chi connectivity index (χ2n) is 13.6. The van der Waals surface area contributed by atoms with Crippen LogP contribution in [-0.4, -0.2) is 87.5 Å². The molecule has 0 aromatic carbocycles. The maximum atomic E-state index is 10.8. The van der Waals surface area contributed by atoms with E-state index in [1.807, 2.05) is 0 Å². The third-order valence-electron chi connectivity index (χ3n) is 10.1. The van der Waals surface area contributed by atoms with E-state index in [1.165, 1.54) is 32.1 Å². The van der Waals surface area contributed by atoms with Crippen molar-refractivity contribution in [3.05, 3.63) is 0 Å².